The summed E-state index contributed by atoms with van der Waals surface area (Å²) < 4.78 is 0. The fourth-order valence-corrected chi connectivity index (χ4v) is 1.69. The van der Waals surface area contributed by atoms with Gasteiger partial charge in [-0.3, -0.25) is 14.9 Å². The topological polar surface area (TPSA) is 85.1 Å². The monoisotopic (exact) mass is 283 g/mol. The molecule has 0 unspecified atom stereocenters. The number of aromatic nitrogens is 1. The molecule has 1 heterocycles. The van der Waals surface area contributed by atoms with E-state index in [1.165, 1.54) is 24.3 Å². The smallest absolute Gasteiger partial charge is 0.270 e. The lowest BCUT2D eigenvalue weighted by Crippen LogP contribution is -2.10. The van der Waals surface area contributed by atoms with Gasteiger partial charge in [0.05, 0.1) is 4.92 Å². The number of nitrogens with zero attached hydrogens (tertiary/aromatic N) is 2. The first-order chi connectivity index (χ1) is 10.1. The van der Waals surface area contributed by atoms with E-state index in [1.807, 2.05) is 13.0 Å². The van der Waals surface area contributed by atoms with E-state index in [-0.39, 0.29) is 11.6 Å². The number of hydrogen-bond donors (Lipinski definition) is 1. The molecule has 21 heavy (non-hydrogen) atoms. The van der Waals surface area contributed by atoms with Gasteiger partial charge in [0.25, 0.3) is 5.69 Å². The average Bonchev–Trinajstić information content (AvgIpc) is 2.48. The van der Waals surface area contributed by atoms with Gasteiger partial charge in [0, 0.05) is 24.4 Å². The fraction of sp³-hybridized carbons (Fsp3) is 0.0667. The molecule has 1 N–H and O–H groups in total. The molecule has 2 aromatic rings. The summed E-state index contributed by atoms with van der Waals surface area (Å²) in [6.07, 6.45) is 4.42. The Morgan fingerprint density at radius 2 is 2.14 bits per heavy atom. The van der Waals surface area contributed by atoms with Crippen molar-refractivity contribution in [1.82, 2.24) is 4.98 Å². The highest BCUT2D eigenvalue weighted by Crippen LogP contribution is 2.14. The Hall–Kier alpha value is -3.02. The van der Waals surface area contributed by atoms with Crippen molar-refractivity contribution in [3.63, 3.8) is 0 Å². The van der Waals surface area contributed by atoms with Gasteiger partial charge in [-0.05, 0) is 30.2 Å². The van der Waals surface area contributed by atoms with Crippen molar-refractivity contribution in [2.45, 2.75) is 6.92 Å². The number of anilines is 1. The first kappa shape index (κ1) is 14.4. The molecule has 1 aromatic carbocycles. The van der Waals surface area contributed by atoms with Crippen LogP contribution in [-0.2, 0) is 4.79 Å². The maximum atomic E-state index is 11.8. The second-order valence-corrected chi connectivity index (χ2v) is 4.34. The fourth-order valence-electron chi connectivity index (χ4n) is 1.69. The highest BCUT2D eigenvalue weighted by molar-refractivity contribution is 6.01. The average molecular weight is 283 g/mol. The van der Waals surface area contributed by atoms with Crippen LogP contribution < -0.4 is 5.32 Å². The molecule has 0 radical (unpaired) electrons. The number of nitro benzene ring substituents is 1. The molecule has 106 valence electrons. The van der Waals surface area contributed by atoms with Crippen LogP contribution in [0.5, 0.6) is 0 Å². The van der Waals surface area contributed by atoms with E-state index in [4.69, 9.17) is 0 Å². The predicted octanol–water partition coefficient (Wildman–Crippen LogP) is 2.95. The number of aryl methyl sites for hydroxylation is 1. The summed E-state index contributed by atoms with van der Waals surface area (Å²) in [5.74, 6) is 0.148. The van der Waals surface area contributed by atoms with Crippen LogP contribution in [0.1, 0.15) is 11.1 Å². The standard InChI is InChI=1S/C15H13N3O3/c1-11-4-3-9-16-15(11)17-14(19)8-7-12-5-2-6-13(10-12)18(20)21/h2-10H,1H3,(H,16,17,19)/b8-7+. The molecule has 0 saturated heterocycles. The molecule has 2 rings (SSSR count). The maximum Gasteiger partial charge on any atom is 0.270 e. The first-order valence-corrected chi connectivity index (χ1v) is 6.21. The van der Waals surface area contributed by atoms with Crippen molar-refractivity contribution in [2.75, 3.05) is 5.32 Å². The van der Waals surface area contributed by atoms with Crippen LogP contribution in [0.3, 0.4) is 0 Å². The normalized spacial score (nSPS) is 10.5. The van der Waals surface area contributed by atoms with E-state index >= 15 is 0 Å². The zero-order valence-electron chi connectivity index (χ0n) is 11.3. The van der Waals surface area contributed by atoms with Crippen molar-refractivity contribution < 1.29 is 9.72 Å². The van der Waals surface area contributed by atoms with Gasteiger partial charge in [0.1, 0.15) is 5.82 Å². The van der Waals surface area contributed by atoms with Crippen LogP contribution in [0.15, 0.2) is 48.7 Å². The quantitative estimate of drug-likeness (QED) is 0.531. The van der Waals surface area contributed by atoms with E-state index in [9.17, 15) is 14.9 Å². The summed E-state index contributed by atoms with van der Waals surface area (Å²) in [5, 5.41) is 13.3. The van der Waals surface area contributed by atoms with Crippen LogP contribution in [0.4, 0.5) is 11.5 Å². The van der Waals surface area contributed by atoms with E-state index in [0.717, 1.165) is 5.56 Å². The molecular formula is C15H13N3O3. The van der Waals surface area contributed by atoms with Gasteiger partial charge < -0.3 is 5.32 Å². The van der Waals surface area contributed by atoms with Crippen LogP contribution >= 0.6 is 0 Å². The number of carbonyl (C=O) groups is 1. The summed E-state index contributed by atoms with van der Waals surface area (Å²) in [7, 11) is 0. The molecule has 1 aromatic heterocycles. The Morgan fingerprint density at radius 1 is 1.33 bits per heavy atom. The number of carbonyl (C=O) groups excluding carboxylic acids is 1. The Labute approximate surface area is 121 Å². The molecule has 0 atom stereocenters. The number of benzene rings is 1. The summed E-state index contributed by atoms with van der Waals surface area (Å²) in [4.78, 5) is 26.0. The molecule has 0 spiro atoms. The third kappa shape index (κ3) is 3.97. The van der Waals surface area contributed by atoms with Gasteiger partial charge >= 0.3 is 0 Å². The largest absolute Gasteiger partial charge is 0.307 e. The van der Waals surface area contributed by atoms with E-state index in [0.29, 0.717) is 11.4 Å². The van der Waals surface area contributed by atoms with Gasteiger partial charge in [0.2, 0.25) is 5.91 Å². The van der Waals surface area contributed by atoms with Crippen molar-refractivity contribution in [1.29, 1.82) is 0 Å². The summed E-state index contributed by atoms with van der Waals surface area (Å²) >= 11 is 0. The summed E-state index contributed by atoms with van der Waals surface area (Å²) in [6, 6.07) is 9.67. The van der Waals surface area contributed by atoms with Gasteiger partial charge in [-0.25, -0.2) is 4.98 Å². The second-order valence-electron chi connectivity index (χ2n) is 4.34. The number of hydrogen-bond acceptors (Lipinski definition) is 4. The van der Waals surface area contributed by atoms with Gasteiger partial charge in [-0.2, -0.15) is 0 Å². The van der Waals surface area contributed by atoms with E-state index in [2.05, 4.69) is 10.3 Å². The third-order valence-electron chi connectivity index (χ3n) is 2.76. The van der Waals surface area contributed by atoms with E-state index < -0.39 is 4.92 Å². The van der Waals surface area contributed by atoms with Crippen molar-refractivity contribution in [2.24, 2.45) is 0 Å². The Kier molecular flexibility index (Phi) is 4.40. The third-order valence-corrected chi connectivity index (χ3v) is 2.76. The number of amides is 1. The highest BCUT2D eigenvalue weighted by Gasteiger charge is 2.05. The molecule has 0 aliphatic heterocycles. The SMILES string of the molecule is Cc1cccnc1NC(=O)/C=C/c1cccc([N+](=O)[O-])c1. The molecular weight excluding hydrogens is 270 g/mol. The lowest BCUT2D eigenvalue weighted by Gasteiger charge is -2.03. The molecule has 0 fully saturated rings. The molecule has 0 saturated carbocycles. The predicted molar refractivity (Wildman–Crippen MR) is 79.7 cm³/mol. The van der Waals surface area contributed by atoms with Crippen molar-refractivity contribution in [3.8, 4) is 0 Å². The Morgan fingerprint density at radius 3 is 2.86 bits per heavy atom. The zero-order chi connectivity index (χ0) is 15.2. The number of pyridine rings is 1. The van der Waals surface area contributed by atoms with Gasteiger partial charge in [-0.15, -0.1) is 0 Å². The van der Waals surface area contributed by atoms with Crippen LogP contribution in [-0.4, -0.2) is 15.8 Å². The highest BCUT2D eigenvalue weighted by atomic mass is 16.6. The second kappa shape index (κ2) is 6.42. The number of nitro groups is 1. The van der Waals surface area contributed by atoms with Crippen LogP contribution in [0.2, 0.25) is 0 Å². The number of nitrogens with one attached hydrogen (secondary N) is 1. The molecule has 6 nitrogen and oxygen atoms in total. The maximum absolute atomic E-state index is 11.8. The van der Waals surface area contributed by atoms with Crippen LogP contribution in [0, 0.1) is 17.0 Å². The van der Waals surface area contributed by atoms with Gasteiger partial charge in [0.15, 0.2) is 0 Å². The van der Waals surface area contributed by atoms with Crippen molar-refractivity contribution in [3.05, 3.63) is 69.9 Å². The molecule has 1 amide bonds. The zero-order valence-corrected chi connectivity index (χ0v) is 11.3. The van der Waals surface area contributed by atoms with Crippen molar-refractivity contribution >= 4 is 23.5 Å². The molecule has 6 heteroatoms. The number of rotatable bonds is 4. The Balaban J connectivity index is 2.07. The minimum atomic E-state index is -0.478. The molecule has 0 bridgehead atoms. The Bertz CT molecular complexity index is 711. The molecule has 0 aliphatic carbocycles. The first-order valence-electron chi connectivity index (χ1n) is 6.21. The molecule has 0 aliphatic rings. The van der Waals surface area contributed by atoms with E-state index in [1.54, 1.807) is 24.4 Å². The lowest BCUT2D eigenvalue weighted by atomic mass is 10.2. The minimum Gasteiger partial charge on any atom is -0.307 e. The van der Waals surface area contributed by atoms with Crippen LogP contribution in [0.25, 0.3) is 6.08 Å². The summed E-state index contributed by atoms with van der Waals surface area (Å²) in [5.41, 5.74) is 1.42. The minimum absolute atomic E-state index is 0.0156. The number of non-ortho nitro benzene ring substituents is 1. The lowest BCUT2D eigenvalue weighted by molar-refractivity contribution is -0.384. The summed E-state index contributed by atoms with van der Waals surface area (Å²) in [6.45, 7) is 1.84. The van der Waals surface area contributed by atoms with Gasteiger partial charge in [-0.1, -0.05) is 18.2 Å².